The quantitative estimate of drug-likeness (QED) is 0.428. The lowest BCUT2D eigenvalue weighted by Gasteiger charge is -1.99. The van der Waals surface area contributed by atoms with Gasteiger partial charge in [-0.1, -0.05) is 52.7 Å². The Hall–Kier alpha value is -1.55. The number of nitrogens with zero attached hydrogens (tertiary/aromatic N) is 2. The minimum Gasteiger partial charge on any atom is -0.289 e. The molecule has 4 rings (SSSR count). The maximum absolute atomic E-state index is 6.09. The van der Waals surface area contributed by atoms with Crippen LogP contribution in [0, 0.1) is 6.92 Å². The summed E-state index contributed by atoms with van der Waals surface area (Å²) in [6, 6.07) is 11.9. The van der Waals surface area contributed by atoms with Gasteiger partial charge in [0.25, 0.3) is 0 Å². The van der Waals surface area contributed by atoms with Crippen LogP contribution in [0.3, 0.4) is 0 Å². The zero-order chi connectivity index (χ0) is 14.6. The molecule has 2 heterocycles. The maximum atomic E-state index is 6.09. The second-order valence-corrected chi connectivity index (χ2v) is 6.75. The third-order valence-electron chi connectivity index (χ3n) is 3.53. The Morgan fingerprint density at radius 3 is 2.76 bits per heavy atom. The number of halogens is 2. The molecule has 104 valence electrons. The van der Waals surface area contributed by atoms with Gasteiger partial charge in [0, 0.05) is 11.8 Å². The van der Waals surface area contributed by atoms with Gasteiger partial charge in [0.05, 0.1) is 26.0 Å². The molecule has 21 heavy (non-hydrogen) atoms. The Kier molecular flexibility index (Phi) is 2.96. The molecular formula is C16H10Cl2N2S. The summed E-state index contributed by atoms with van der Waals surface area (Å²) < 4.78 is 3.39. The first kappa shape index (κ1) is 13.1. The molecular weight excluding hydrogens is 323 g/mol. The van der Waals surface area contributed by atoms with Crippen LogP contribution in [0.5, 0.6) is 0 Å². The normalized spacial score (nSPS) is 11.6. The Bertz CT molecular complexity index is 985. The van der Waals surface area contributed by atoms with E-state index in [1.165, 1.54) is 15.8 Å². The summed E-state index contributed by atoms with van der Waals surface area (Å²) in [6.45, 7) is 2.12. The van der Waals surface area contributed by atoms with Crippen LogP contribution < -0.4 is 0 Å². The molecule has 0 saturated carbocycles. The molecule has 5 heteroatoms. The van der Waals surface area contributed by atoms with Crippen molar-refractivity contribution >= 4 is 49.7 Å². The van der Waals surface area contributed by atoms with Gasteiger partial charge in [-0.2, -0.15) is 0 Å². The van der Waals surface area contributed by atoms with Crippen molar-refractivity contribution in [2.24, 2.45) is 0 Å². The van der Waals surface area contributed by atoms with Gasteiger partial charge in [0.2, 0.25) is 0 Å². The molecule has 0 fully saturated rings. The summed E-state index contributed by atoms with van der Waals surface area (Å²) in [5.41, 5.74) is 4.35. The van der Waals surface area contributed by atoms with Crippen molar-refractivity contribution in [3.8, 4) is 11.3 Å². The standard InChI is InChI=1S/C16H10Cl2N2S/c1-9-3-2-4-14-15(9)20-8-13(19-16(20)21-14)10-5-6-11(17)12(18)7-10/h2-8H,1H3. The Morgan fingerprint density at radius 1 is 1.10 bits per heavy atom. The summed E-state index contributed by atoms with van der Waals surface area (Å²) in [5, 5.41) is 1.11. The second-order valence-electron chi connectivity index (χ2n) is 4.93. The number of aromatic nitrogens is 2. The number of hydrogen-bond acceptors (Lipinski definition) is 2. The topological polar surface area (TPSA) is 17.3 Å². The van der Waals surface area contributed by atoms with E-state index in [0.29, 0.717) is 10.0 Å². The van der Waals surface area contributed by atoms with Crippen LogP contribution in [0.15, 0.2) is 42.6 Å². The third-order valence-corrected chi connectivity index (χ3v) is 5.29. The van der Waals surface area contributed by atoms with Crippen molar-refractivity contribution in [1.29, 1.82) is 0 Å². The molecule has 0 bridgehead atoms. The highest BCUT2D eigenvalue weighted by molar-refractivity contribution is 7.23. The van der Waals surface area contributed by atoms with Gasteiger partial charge in [0.1, 0.15) is 0 Å². The lowest BCUT2D eigenvalue weighted by atomic mass is 10.2. The van der Waals surface area contributed by atoms with Crippen molar-refractivity contribution in [1.82, 2.24) is 9.38 Å². The number of thiazole rings is 1. The van der Waals surface area contributed by atoms with Crippen LogP contribution in [-0.2, 0) is 0 Å². The lowest BCUT2D eigenvalue weighted by Crippen LogP contribution is -1.81. The summed E-state index contributed by atoms with van der Waals surface area (Å²) in [6.07, 6.45) is 2.06. The summed E-state index contributed by atoms with van der Waals surface area (Å²) in [5.74, 6) is 0. The molecule has 0 amide bonds. The van der Waals surface area contributed by atoms with E-state index in [-0.39, 0.29) is 0 Å². The number of fused-ring (bicyclic) bond motifs is 3. The molecule has 0 N–H and O–H groups in total. The number of aryl methyl sites for hydroxylation is 1. The predicted molar refractivity (Wildman–Crippen MR) is 90.8 cm³/mol. The predicted octanol–water partition coefficient (Wildman–Crippen LogP) is 5.83. The van der Waals surface area contributed by atoms with E-state index in [0.717, 1.165) is 16.2 Å². The first-order valence-electron chi connectivity index (χ1n) is 6.46. The van der Waals surface area contributed by atoms with Gasteiger partial charge in [-0.15, -0.1) is 0 Å². The Labute approximate surface area is 135 Å². The first-order valence-corrected chi connectivity index (χ1v) is 8.03. The fourth-order valence-electron chi connectivity index (χ4n) is 2.51. The molecule has 0 radical (unpaired) electrons. The Balaban J connectivity index is 1.97. The highest BCUT2D eigenvalue weighted by atomic mass is 35.5. The van der Waals surface area contributed by atoms with E-state index in [4.69, 9.17) is 28.2 Å². The van der Waals surface area contributed by atoms with Crippen molar-refractivity contribution in [3.05, 3.63) is 58.2 Å². The summed E-state index contributed by atoms with van der Waals surface area (Å²) in [4.78, 5) is 5.70. The van der Waals surface area contributed by atoms with Gasteiger partial charge in [-0.25, -0.2) is 4.98 Å². The maximum Gasteiger partial charge on any atom is 0.195 e. The lowest BCUT2D eigenvalue weighted by molar-refractivity contribution is 1.27. The molecule has 4 aromatic rings. The zero-order valence-electron chi connectivity index (χ0n) is 11.1. The monoisotopic (exact) mass is 332 g/mol. The van der Waals surface area contributed by atoms with Crippen molar-refractivity contribution in [3.63, 3.8) is 0 Å². The molecule has 0 unspecified atom stereocenters. The minimum atomic E-state index is 0.548. The minimum absolute atomic E-state index is 0.548. The zero-order valence-corrected chi connectivity index (χ0v) is 13.4. The summed E-state index contributed by atoms with van der Waals surface area (Å²) >= 11 is 13.8. The SMILES string of the molecule is Cc1cccc2sc3nc(-c4ccc(Cl)c(Cl)c4)cn3c12. The molecule has 0 spiro atoms. The van der Waals surface area contributed by atoms with Crippen LogP contribution in [-0.4, -0.2) is 9.38 Å². The smallest absolute Gasteiger partial charge is 0.195 e. The third kappa shape index (κ3) is 2.04. The highest BCUT2D eigenvalue weighted by Crippen LogP contribution is 2.33. The largest absolute Gasteiger partial charge is 0.289 e. The average Bonchev–Trinajstić information content (AvgIpc) is 2.99. The van der Waals surface area contributed by atoms with Gasteiger partial charge < -0.3 is 0 Å². The molecule has 0 atom stereocenters. The fourth-order valence-corrected chi connectivity index (χ4v) is 3.90. The van der Waals surface area contributed by atoms with Crippen LogP contribution in [0.4, 0.5) is 0 Å². The molecule has 2 aromatic carbocycles. The van der Waals surface area contributed by atoms with Gasteiger partial charge in [-0.05, 0) is 30.7 Å². The van der Waals surface area contributed by atoms with E-state index < -0.39 is 0 Å². The van der Waals surface area contributed by atoms with Crippen LogP contribution in [0.25, 0.3) is 26.4 Å². The van der Waals surface area contributed by atoms with Crippen molar-refractivity contribution in [2.45, 2.75) is 6.92 Å². The van der Waals surface area contributed by atoms with E-state index in [2.05, 4.69) is 35.7 Å². The molecule has 2 nitrogen and oxygen atoms in total. The van der Waals surface area contributed by atoms with Gasteiger partial charge in [0.15, 0.2) is 4.96 Å². The number of hydrogen-bond donors (Lipinski definition) is 0. The van der Waals surface area contributed by atoms with Crippen LogP contribution in [0.1, 0.15) is 5.56 Å². The summed E-state index contributed by atoms with van der Waals surface area (Å²) in [7, 11) is 0. The molecule has 0 saturated heterocycles. The fraction of sp³-hybridized carbons (Fsp3) is 0.0625. The molecule has 2 aromatic heterocycles. The first-order chi connectivity index (χ1) is 10.1. The van der Waals surface area contributed by atoms with E-state index >= 15 is 0 Å². The van der Waals surface area contributed by atoms with Crippen molar-refractivity contribution in [2.75, 3.05) is 0 Å². The Morgan fingerprint density at radius 2 is 1.95 bits per heavy atom. The number of benzene rings is 2. The van der Waals surface area contributed by atoms with E-state index in [1.807, 2.05) is 12.1 Å². The van der Waals surface area contributed by atoms with Gasteiger partial charge in [-0.3, -0.25) is 4.40 Å². The number of imidazole rings is 1. The van der Waals surface area contributed by atoms with Crippen LogP contribution >= 0.6 is 34.5 Å². The van der Waals surface area contributed by atoms with Gasteiger partial charge >= 0.3 is 0 Å². The van der Waals surface area contributed by atoms with E-state index in [1.54, 1.807) is 17.4 Å². The highest BCUT2D eigenvalue weighted by Gasteiger charge is 2.12. The van der Waals surface area contributed by atoms with E-state index in [9.17, 15) is 0 Å². The molecule has 0 aliphatic rings. The average molecular weight is 333 g/mol. The number of para-hydroxylation sites is 1. The second kappa shape index (κ2) is 4.73. The number of rotatable bonds is 1. The van der Waals surface area contributed by atoms with Crippen LogP contribution in [0.2, 0.25) is 10.0 Å². The molecule has 0 aliphatic carbocycles. The van der Waals surface area contributed by atoms with Crippen molar-refractivity contribution < 1.29 is 0 Å². The molecule has 0 aliphatic heterocycles.